The predicted molar refractivity (Wildman–Crippen MR) is 69.4 cm³/mol. The fraction of sp³-hybridized carbons (Fsp3) is 0.429. The lowest BCUT2D eigenvalue weighted by Gasteiger charge is -2.16. The zero-order valence-electron chi connectivity index (χ0n) is 10.4. The Kier molecular flexibility index (Phi) is 3.57. The van der Waals surface area contributed by atoms with Crippen molar-refractivity contribution >= 4 is 11.3 Å². The zero-order chi connectivity index (χ0) is 12.3. The molecule has 0 saturated carbocycles. The monoisotopic (exact) mass is 230 g/mol. The second kappa shape index (κ2) is 5.13. The van der Waals surface area contributed by atoms with Crippen LogP contribution in [0.15, 0.2) is 23.5 Å². The van der Waals surface area contributed by atoms with Crippen LogP contribution in [0.5, 0.6) is 0 Å². The van der Waals surface area contributed by atoms with Gasteiger partial charge in [0.05, 0.1) is 5.71 Å². The van der Waals surface area contributed by atoms with Crippen LogP contribution in [0, 0.1) is 6.92 Å². The SMILES string of the molecule is CCc1ncc(C)cc1C1=CC(=NO)CCC1. The summed E-state index contributed by atoms with van der Waals surface area (Å²) >= 11 is 0. The van der Waals surface area contributed by atoms with E-state index >= 15 is 0 Å². The average molecular weight is 230 g/mol. The van der Waals surface area contributed by atoms with Crippen molar-refractivity contribution in [2.75, 3.05) is 0 Å². The number of aromatic nitrogens is 1. The van der Waals surface area contributed by atoms with Crippen LogP contribution in [0.2, 0.25) is 0 Å². The van der Waals surface area contributed by atoms with Gasteiger partial charge in [-0.05, 0) is 61.4 Å². The van der Waals surface area contributed by atoms with Crippen LogP contribution >= 0.6 is 0 Å². The van der Waals surface area contributed by atoms with Crippen LogP contribution in [0.1, 0.15) is 43.0 Å². The Morgan fingerprint density at radius 1 is 1.41 bits per heavy atom. The molecular weight excluding hydrogens is 212 g/mol. The van der Waals surface area contributed by atoms with Crippen LogP contribution in [-0.2, 0) is 6.42 Å². The Bertz CT molecular complexity index is 475. The summed E-state index contributed by atoms with van der Waals surface area (Å²) in [6.07, 6.45) is 7.78. The highest BCUT2D eigenvalue weighted by molar-refractivity contribution is 6.02. The molecule has 1 aromatic rings. The fourth-order valence-electron chi connectivity index (χ4n) is 2.25. The van der Waals surface area contributed by atoms with E-state index in [0.717, 1.165) is 37.1 Å². The van der Waals surface area contributed by atoms with Gasteiger partial charge < -0.3 is 5.21 Å². The van der Waals surface area contributed by atoms with Crippen molar-refractivity contribution in [2.24, 2.45) is 5.16 Å². The molecule has 1 aromatic heterocycles. The van der Waals surface area contributed by atoms with Crippen molar-refractivity contribution in [3.63, 3.8) is 0 Å². The largest absolute Gasteiger partial charge is 0.411 e. The first kappa shape index (κ1) is 11.8. The number of allylic oxidation sites excluding steroid dienone is 2. The minimum atomic E-state index is 0.773. The molecule has 0 bridgehead atoms. The van der Waals surface area contributed by atoms with Gasteiger partial charge in [0, 0.05) is 11.9 Å². The van der Waals surface area contributed by atoms with Crippen LogP contribution in [0.3, 0.4) is 0 Å². The van der Waals surface area contributed by atoms with Gasteiger partial charge in [0.15, 0.2) is 0 Å². The second-order valence-corrected chi connectivity index (χ2v) is 4.47. The molecule has 0 fully saturated rings. The highest BCUT2D eigenvalue weighted by Crippen LogP contribution is 2.28. The molecule has 90 valence electrons. The number of aryl methyl sites for hydroxylation is 2. The summed E-state index contributed by atoms with van der Waals surface area (Å²) in [4.78, 5) is 4.48. The Labute approximate surface area is 102 Å². The third-order valence-corrected chi connectivity index (χ3v) is 3.14. The van der Waals surface area contributed by atoms with Crippen molar-refractivity contribution in [1.29, 1.82) is 0 Å². The minimum Gasteiger partial charge on any atom is -0.411 e. The van der Waals surface area contributed by atoms with E-state index in [2.05, 4.69) is 30.1 Å². The van der Waals surface area contributed by atoms with Gasteiger partial charge >= 0.3 is 0 Å². The first-order chi connectivity index (χ1) is 8.24. The Morgan fingerprint density at radius 3 is 2.94 bits per heavy atom. The van der Waals surface area contributed by atoms with Crippen LogP contribution in [0.25, 0.3) is 5.57 Å². The quantitative estimate of drug-likeness (QED) is 0.625. The molecule has 0 saturated heterocycles. The molecule has 0 aromatic carbocycles. The summed E-state index contributed by atoms with van der Waals surface area (Å²) in [6.45, 7) is 4.17. The number of oxime groups is 1. The maximum absolute atomic E-state index is 8.86. The molecule has 3 nitrogen and oxygen atoms in total. The third-order valence-electron chi connectivity index (χ3n) is 3.14. The van der Waals surface area contributed by atoms with Crippen LogP contribution in [0.4, 0.5) is 0 Å². The Hall–Kier alpha value is -1.64. The molecule has 0 aliphatic heterocycles. The Balaban J connectivity index is 2.45. The van der Waals surface area contributed by atoms with Gasteiger partial charge in [-0.2, -0.15) is 0 Å². The molecule has 0 radical (unpaired) electrons. The molecular formula is C14H18N2O. The van der Waals surface area contributed by atoms with Gasteiger partial charge in [-0.1, -0.05) is 12.1 Å². The first-order valence-electron chi connectivity index (χ1n) is 6.12. The summed E-state index contributed by atoms with van der Waals surface area (Å²) < 4.78 is 0. The molecule has 1 aliphatic carbocycles. The molecule has 1 aliphatic rings. The van der Waals surface area contributed by atoms with E-state index in [1.54, 1.807) is 0 Å². The maximum Gasteiger partial charge on any atom is 0.0798 e. The number of nitrogens with zero attached hydrogens (tertiary/aromatic N) is 2. The molecule has 0 amide bonds. The zero-order valence-corrected chi connectivity index (χ0v) is 10.4. The van der Waals surface area contributed by atoms with E-state index in [9.17, 15) is 0 Å². The van der Waals surface area contributed by atoms with E-state index in [0.29, 0.717) is 0 Å². The lowest BCUT2D eigenvalue weighted by Crippen LogP contribution is -2.05. The molecule has 17 heavy (non-hydrogen) atoms. The maximum atomic E-state index is 8.86. The van der Waals surface area contributed by atoms with E-state index in [1.165, 1.54) is 16.7 Å². The summed E-state index contributed by atoms with van der Waals surface area (Å²) in [6, 6.07) is 2.18. The van der Waals surface area contributed by atoms with Crippen molar-refractivity contribution in [3.8, 4) is 0 Å². The highest BCUT2D eigenvalue weighted by atomic mass is 16.4. The van der Waals surface area contributed by atoms with E-state index in [4.69, 9.17) is 5.21 Å². The van der Waals surface area contributed by atoms with Gasteiger partial charge in [0.25, 0.3) is 0 Å². The van der Waals surface area contributed by atoms with Gasteiger partial charge in [0.2, 0.25) is 0 Å². The smallest absolute Gasteiger partial charge is 0.0798 e. The lowest BCUT2D eigenvalue weighted by atomic mass is 9.90. The number of rotatable bonds is 2. The van der Waals surface area contributed by atoms with Crippen molar-refractivity contribution in [1.82, 2.24) is 4.98 Å². The molecule has 0 spiro atoms. The standard InChI is InChI=1S/C14H18N2O/c1-3-14-13(7-10(2)9-15-14)11-5-4-6-12(8-11)16-17/h7-9,17H,3-6H2,1-2H3. The van der Waals surface area contributed by atoms with E-state index in [1.807, 2.05) is 12.3 Å². The second-order valence-electron chi connectivity index (χ2n) is 4.47. The lowest BCUT2D eigenvalue weighted by molar-refractivity contribution is 0.318. The topological polar surface area (TPSA) is 45.5 Å². The first-order valence-corrected chi connectivity index (χ1v) is 6.12. The normalized spacial score (nSPS) is 18.2. The van der Waals surface area contributed by atoms with Crippen LogP contribution < -0.4 is 0 Å². The molecule has 0 unspecified atom stereocenters. The predicted octanol–water partition coefficient (Wildman–Crippen LogP) is 3.35. The minimum absolute atomic E-state index is 0.773. The average Bonchev–Trinajstić information content (AvgIpc) is 2.39. The number of hydrogen-bond donors (Lipinski definition) is 1. The molecule has 2 rings (SSSR count). The molecule has 0 atom stereocenters. The number of hydrogen-bond acceptors (Lipinski definition) is 3. The molecule has 1 heterocycles. The summed E-state index contributed by atoms with van der Waals surface area (Å²) in [5.74, 6) is 0. The Morgan fingerprint density at radius 2 is 2.24 bits per heavy atom. The highest BCUT2D eigenvalue weighted by Gasteiger charge is 2.14. The van der Waals surface area contributed by atoms with E-state index < -0.39 is 0 Å². The van der Waals surface area contributed by atoms with Crippen molar-refractivity contribution < 1.29 is 5.21 Å². The van der Waals surface area contributed by atoms with Gasteiger partial charge in [-0.3, -0.25) is 4.98 Å². The van der Waals surface area contributed by atoms with Gasteiger partial charge in [-0.25, -0.2) is 0 Å². The van der Waals surface area contributed by atoms with Crippen molar-refractivity contribution in [3.05, 3.63) is 35.2 Å². The molecule has 1 N–H and O–H groups in total. The van der Waals surface area contributed by atoms with Crippen molar-refractivity contribution in [2.45, 2.75) is 39.5 Å². The number of pyridine rings is 1. The summed E-state index contributed by atoms with van der Waals surface area (Å²) in [5, 5.41) is 12.2. The van der Waals surface area contributed by atoms with Gasteiger partial charge in [0.1, 0.15) is 0 Å². The van der Waals surface area contributed by atoms with E-state index in [-0.39, 0.29) is 0 Å². The van der Waals surface area contributed by atoms with Gasteiger partial charge in [-0.15, -0.1) is 0 Å². The molecule has 3 heteroatoms. The summed E-state index contributed by atoms with van der Waals surface area (Å²) in [5.41, 5.74) is 5.53. The summed E-state index contributed by atoms with van der Waals surface area (Å²) in [7, 11) is 0. The fourth-order valence-corrected chi connectivity index (χ4v) is 2.25. The third kappa shape index (κ3) is 2.54. The van der Waals surface area contributed by atoms with Crippen LogP contribution in [-0.4, -0.2) is 15.9 Å².